The van der Waals surface area contributed by atoms with Crippen molar-refractivity contribution in [2.75, 3.05) is 0 Å². The van der Waals surface area contributed by atoms with E-state index in [1.54, 1.807) is 12.1 Å². The number of benzene rings is 1. The lowest BCUT2D eigenvalue weighted by atomic mass is 9.73. The van der Waals surface area contributed by atoms with E-state index in [4.69, 9.17) is 4.74 Å². The number of fused-ring (bicyclic) bond motifs is 2. The van der Waals surface area contributed by atoms with Gasteiger partial charge >= 0.3 is 5.97 Å². The number of hydrogen-bond donors (Lipinski definition) is 1. The molecule has 1 aromatic rings. The first-order valence-corrected chi connectivity index (χ1v) is 6.85. The molecule has 0 fully saturated rings. The van der Waals surface area contributed by atoms with Gasteiger partial charge in [-0.1, -0.05) is 12.1 Å². The largest absolute Gasteiger partial charge is 0.512 e. The minimum absolute atomic E-state index is 0.0938. The maximum absolute atomic E-state index is 12.7. The Morgan fingerprint density at radius 3 is 2.95 bits per heavy atom. The van der Waals surface area contributed by atoms with Gasteiger partial charge in [-0.3, -0.25) is 9.59 Å². The lowest BCUT2D eigenvalue weighted by molar-refractivity contribution is -0.131. The van der Waals surface area contributed by atoms with Gasteiger partial charge in [0, 0.05) is 18.9 Å². The first-order chi connectivity index (χ1) is 9.58. The summed E-state index contributed by atoms with van der Waals surface area (Å²) in [5, 5.41) is 10.0. The molecule has 2 aliphatic rings. The number of aliphatic hydroxyl groups is 1. The number of hydrogen-bond acceptors (Lipinski definition) is 4. The van der Waals surface area contributed by atoms with Crippen molar-refractivity contribution in [3.63, 3.8) is 0 Å². The second-order valence-electron chi connectivity index (χ2n) is 5.37. The van der Waals surface area contributed by atoms with Crippen molar-refractivity contribution in [2.45, 2.75) is 32.6 Å². The number of carbonyl (C=O) groups excluding carboxylic acids is 2. The van der Waals surface area contributed by atoms with E-state index in [1.165, 1.54) is 6.92 Å². The summed E-state index contributed by atoms with van der Waals surface area (Å²) >= 11 is 0. The molecule has 0 spiro atoms. The van der Waals surface area contributed by atoms with Gasteiger partial charge in [0.2, 0.25) is 0 Å². The monoisotopic (exact) mass is 272 g/mol. The van der Waals surface area contributed by atoms with Crippen molar-refractivity contribution in [1.29, 1.82) is 0 Å². The van der Waals surface area contributed by atoms with Gasteiger partial charge in [-0.2, -0.15) is 0 Å². The van der Waals surface area contributed by atoms with Crippen LogP contribution in [0.5, 0.6) is 5.75 Å². The highest BCUT2D eigenvalue weighted by Crippen LogP contribution is 2.41. The van der Waals surface area contributed by atoms with Gasteiger partial charge in [0.05, 0.1) is 11.3 Å². The molecule has 3 rings (SSSR count). The molecular formula is C16H16O4. The van der Waals surface area contributed by atoms with E-state index in [2.05, 4.69) is 0 Å². The second kappa shape index (κ2) is 4.78. The second-order valence-corrected chi connectivity index (χ2v) is 5.37. The Balaban J connectivity index is 2.13. The van der Waals surface area contributed by atoms with Crippen LogP contribution >= 0.6 is 0 Å². The standard InChI is InChI=1S/C16H16O4/c1-9(17)20-13-7-3-5-11-8-10-4-2-6-12(18)14(10)16(19)15(11)13/h3,5,7,10,18H,2,4,6,8H2,1H3. The molecule has 1 N–H and O–H groups in total. The SMILES string of the molecule is CC(=O)Oc1cccc2c1C(=O)C1=C(O)CCCC1C2. The molecule has 1 atom stereocenters. The zero-order valence-electron chi connectivity index (χ0n) is 11.3. The minimum atomic E-state index is -0.449. The molecule has 4 nitrogen and oxygen atoms in total. The molecule has 1 aromatic carbocycles. The van der Waals surface area contributed by atoms with E-state index >= 15 is 0 Å². The molecule has 104 valence electrons. The molecular weight excluding hydrogens is 256 g/mol. The lowest BCUT2D eigenvalue weighted by Gasteiger charge is -2.31. The van der Waals surface area contributed by atoms with Crippen molar-refractivity contribution in [2.24, 2.45) is 5.92 Å². The van der Waals surface area contributed by atoms with E-state index in [0.717, 1.165) is 24.8 Å². The Bertz CT molecular complexity index is 627. The molecule has 20 heavy (non-hydrogen) atoms. The van der Waals surface area contributed by atoms with Crippen molar-refractivity contribution >= 4 is 11.8 Å². The van der Waals surface area contributed by atoms with Crippen molar-refractivity contribution in [3.05, 3.63) is 40.7 Å². The Kier molecular flexibility index (Phi) is 3.08. The van der Waals surface area contributed by atoms with Crippen LogP contribution in [0.25, 0.3) is 0 Å². The molecule has 4 heteroatoms. The number of ketones is 1. The Hall–Kier alpha value is -2.10. The average molecular weight is 272 g/mol. The number of aliphatic hydroxyl groups excluding tert-OH is 1. The number of rotatable bonds is 1. The number of ether oxygens (including phenoxy) is 1. The van der Waals surface area contributed by atoms with Crippen LogP contribution in [0.4, 0.5) is 0 Å². The van der Waals surface area contributed by atoms with E-state index in [9.17, 15) is 14.7 Å². The smallest absolute Gasteiger partial charge is 0.308 e. The highest BCUT2D eigenvalue weighted by Gasteiger charge is 2.36. The fraction of sp³-hybridized carbons (Fsp3) is 0.375. The lowest BCUT2D eigenvalue weighted by Crippen LogP contribution is -2.28. The molecule has 1 unspecified atom stereocenters. The van der Waals surface area contributed by atoms with Gasteiger partial charge in [-0.15, -0.1) is 0 Å². The summed E-state index contributed by atoms with van der Waals surface area (Å²) < 4.78 is 5.13. The van der Waals surface area contributed by atoms with Gasteiger partial charge in [-0.25, -0.2) is 0 Å². The Morgan fingerprint density at radius 2 is 2.20 bits per heavy atom. The number of carbonyl (C=O) groups is 2. The van der Waals surface area contributed by atoms with Crippen molar-refractivity contribution in [1.82, 2.24) is 0 Å². The van der Waals surface area contributed by atoms with Crippen LogP contribution in [0.1, 0.15) is 42.1 Å². The molecule has 0 saturated heterocycles. The normalized spacial score (nSPS) is 21.2. The fourth-order valence-corrected chi connectivity index (χ4v) is 3.20. The highest BCUT2D eigenvalue weighted by atomic mass is 16.5. The first-order valence-electron chi connectivity index (χ1n) is 6.85. The first kappa shape index (κ1) is 12.9. The van der Waals surface area contributed by atoms with Gasteiger partial charge in [0.1, 0.15) is 5.75 Å². The highest BCUT2D eigenvalue weighted by molar-refractivity contribution is 6.13. The molecule has 0 aromatic heterocycles. The molecule has 0 aliphatic heterocycles. The zero-order valence-corrected chi connectivity index (χ0v) is 11.3. The summed E-state index contributed by atoms with van der Waals surface area (Å²) in [5.41, 5.74) is 1.85. The summed E-state index contributed by atoms with van der Waals surface area (Å²) in [6.45, 7) is 1.31. The maximum Gasteiger partial charge on any atom is 0.308 e. The third kappa shape index (κ3) is 2.01. The zero-order chi connectivity index (χ0) is 14.3. The van der Waals surface area contributed by atoms with Crippen molar-refractivity contribution < 1.29 is 19.4 Å². The quantitative estimate of drug-likeness (QED) is 0.630. The topological polar surface area (TPSA) is 63.6 Å². The minimum Gasteiger partial charge on any atom is -0.512 e. The third-order valence-corrected chi connectivity index (χ3v) is 3.99. The molecule has 0 heterocycles. The van der Waals surface area contributed by atoms with Crippen LogP contribution < -0.4 is 4.74 Å². The molecule has 0 amide bonds. The van der Waals surface area contributed by atoms with E-state index < -0.39 is 5.97 Å². The molecule has 0 radical (unpaired) electrons. The predicted octanol–water partition coefficient (Wildman–Crippen LogP) is 2.96. The van der Waals surface area contributed by atoms with E-state index in [-0.39, 0.29) is 17.5 Å². The van der Waals surface area contributed by atoms with Crippen molar-refractivity contribution in [3.8, 4) is 5.75 Å². The summed E-state index contributed by atoms with van der Waals surface area (Å²) in [6, 6.07) is 5.31. The van der Waals surface area contributed by atoms with Crippen LogP contribution in [-0.2, 0) is 11.2 Å². The molecule has 2 aliphatic carbocycles. The number of allylic oxidation sites excluding steroid dienone is 2. The van der Waals surface area contributed by atoms with Crippen LogP contribution in [-0.4, -0.2) is 16.9 Å². The number of Topliss-reactive ketones (excluding diaryl/α,β-unsaturated/α-hetero) is 1. The summed E-state index contributed by atoms with van der Waals surface area (Å²) in [7, 11) is 0. The Morgan fingerprint density at radius 1 is 1.40 bits per heavy atom. The fourth-order valence-electron chi connectivity index (χ4n) is 3.20. The Labute approximate surface area is 117 Å². The van der Waals surface area contributed by atoms with Gasteiger partial charge in [0.15, 0.2) is 5.78 Å². The van der Waals surface area contributed by atoms with E-state index in [1.807, 2.05) is 6.07 Å². The maximum atomic E-state index is 12.7. The van der Waals surface area contributed by atoms with Gasteiger partial charge in [-0.05, 0) is 36.8 Å². The summed E-state index contributed by atoms with van der Waals surface area (Å²) in [6.07, 6.45) is 3.10. The van der Waals surface area contributed by atoms with E-state index in [0.29, 0.717) is 23.3 Å². The summed E-state index contributed by atoms with van der Waals surface area (Å²) in [5.74, 6) is -0.0457. The third-order valence-electron chi connectivity index (χ3n) is 3.99. The average Bonchev–Trinajstić information content (AvgIpc) is 2.38. The van der Waals surface area contributed by atoms with Crippen LogP contribution in [0.15, 0.2) is 29.5 Å². The number of esters is 1. The van der Waals surface area contributed by atoms with Gasteiger partial charge in [0.25, 0.3) is 0 Å². The van der Waals surface area contributed by atoms with Crippen LogP contribution in [0.3, 0.4) is 0 Å². The van der Waals surface area contributed by atoms with Crippen LogP contribution in [0, 0.1) is 5.92 Å². The molecule has 0 bridgehead atoms. The van der Waals surface area contributed by atoms with Gasteiger partial charge < -0.3 is 9.84 Å². The predicted molar refractivity (Wildman–Crippen MR) is 72.8 cm³/mol. The molecule has 0 saturated carbocycles. The summed E-state index contributed by atoms with van der Waals surface area (Å²) in [4.78, 5) is 23.8. The van der Waals surface area contributed by atoms with Crippen LogP contribution in [0.2, 0.25) is 0 Å².